The summed E-state index contributed by atoms with van der Waals surface area (Å²) >= 11 is 0. The van der Waals surface area contributed by atoms with Gasteiger partial charge in [-0.05, 0) is 35.4 Å². The zero-order chi connectivity index (χ0) is 19.2. The Balaban J connectivity index is 1.96. The Labute approximate surface area is 146 Å². The van der Waals surface area contributed by atoms with Gasteiger partial charge in [-0.25, -0.2) is 4.79 Å². The fourth-order valence-electron chi connectivity index (χ4n) is 2.20. The standard InChI is InChI=1S/C18H14F3NO4/c19-18(20,21)16-7-5-15(6-8-16)17(23)26-12-10-14-4-2-1-3-13(14)9-11-22(24)25/h1-9,11H,10,12H2/b11-9-. The summed E-state index contributed by atoms with van der Waals surface area (Å²) in [6, 6.07) is 10.6. The van der Waals surface area contributed by atoms with E-state index >= 15 is 0 Å². The van der Waals surface area contributed by atoms with E-state index in [0.717, 1.165) is 36.0 Å². The minimum absolute atomic E-state index is 0.0107. The minimum Gasteiger partial charge on any atom is -0.462 e. The second kappa shape index (κ2) is 8.28. The van der Waals surface area contributed by atoms with Crippen LogP contribution in [0, 0.1) is 10.1 Å². The van der Waals surface area contributed by atoms with E-state index in [1.54, 1.807) is 24.3 Å². The number of carbonyl (C=O) groups excluding carboxylic acids is 1. The number of carbonyl (C=O) groups is 1. The van der Waals surface area contributed by atoms with Crippen LogP contribution in [0.1, 0.15) is 27.0 Å². The number of alkyl halides is 3. The van der Waals surface area contributed by atoms with Crippen LogP contribution in [0.3, 0.4) is 0 Å². The summed E-state index contributed by atoms with van der Waals surface area (Å²) in [5.41, 5.74) is 0.528. The van der Waals surface area contributed by atoms with Gasteiger partial charge in [0.25, 0.3) is 0 Å². The molecule has 0 unspecified atom stereocenters. The van der Waals surface area contributed by atoms with Crippen molar-refractivity contribution in [3.63, 3.8) is 0 Å². The van der Waals surface area contributed by atoms with Crippen LogP contribution in [0.2, 0.25) is 0 Å². The van der Waals surface area contributed by atoms with Crippen LogP contribution in [0.15, 0.2) is 54.7 Å². The lowest BCUT2D eigenvalue weighted by atomic mass is 10.1. The molecule has 0 bridgehead atoms. The fourth-order valence-corrected chi connectivity index (χ4v) is 2.20. The molecular weight excluding hydrogens is 351 g/mol. The molecule has 0 fully saturated rings. The molecule has 26 heavy (non-hydrogen) atoms. The molecule has 0 heterocycles. The SMILES string of the molecule is O=C(OCCc1ccccc1/C=C\[N+](=O)[O-])c1ccc(C(F)(F)F)cc1. The molecule has 0 saturated carbocycles. The molecule has 0 spiro atoms. The van der Waals surface area contributed by atoms with E-state index in [1.807, 2.05) is 0 Å². The maximum Gasteiger partial charge on any atom is 0.416 e. The summed E-state index contributed by atoms with van der Waals surface area (Å²) in [6.45, 7) is -0.0107. The number of nitro groups is 1. The van der Waals surface area contributed by atoms with E-state index in [1.165, 1.54) is 6.08 Å². The van der Waals surface area contributed by atoms with Gasteiger partial charge in [0, 0.05) is 12.5 Å². The molecule has 2 aromatic rings. The maximum absolute atomic E-state index is 12.5. The lowest BCUT2D eigenvalue weighted by Crippen LogP contribution is -2.10. The number of halogens is 3. The number of nitrogens with zero attached hydrogens (tertiary/aromatic N) is 1. The van der Waals surface area contributed by atoms with Gasteiger partial charge in [0.2, 0.25) is 6.20 Å². The van der Waals surface area contributed by atoms with E-state index in [4.69, 9.17) is 4.74 Å². The Morgan fingerprint density at radius 3 is 2.38 bits per heavy atom. The number of hydrogen-bond donors (Lipinski definition) is 0. The van der Waals surface area contributed by atoms with Gasteiger partial charge < -0.3 is 4.74 Å². The summed E-state index contributed by atoms with van der Waals surface area (Å²) in [6.07, 6.45) is -2.01. The number of rotatable bonds is 6. The first-order valence-electron chi connectivity index (χ1n) is 7.51. The first-order valence-corrected chi connectivity index (χ1v) is 7.51. The third-order valence-corrected chi connectivity index (χ3v) is 3.48. The van der Waals surface area contributed by atoms with Gasteiger partial charge in [0.1, 0.15) is 0 Å². The highest BCUT2D eigenvalue weighted by Crippen LogP contribution is 2.29. The zero-order valence-electron chi connectivity index (χ0n) is 13.4. The van der Waals surface area contributed by atoms with E-state index in [0.29, 0.717) is 12.0 Å². The molecule has 0 aliphatic heterocycles. The largest absolute Gasteiger partial charge is 0.462 e. The van der Waals surface area contributed by atoms with Gasteiger partial charge in [0.05, 0.1) is 22.7 Å². The molecule has 0 aromatic heterocycles. The molecule has 0 aliphatic rings. The Morgan fingerprint density at radius 1 is 1.12 bits per heavy atom. The number of hydrogen-bond acceptors (Lipinski definition) is 4. The van der Waals surface area contributed by atoms with Crippen molar-refractivity contribution in [2.45, 2.75) is 12.6 Å². The Bertz CT molecular complexity index is 814. The highest BCUT2D eigenvalue weighted by molar-refractivity contribution is 5.89. The average molecular weight is 365 g/mol. The summed E-state index contributed by atoms with van der Waals surface area (Å²) in [5.74, 6) is -0.739. The molecule has 0 atom stereocenters. The Kier molecular flexibility index (Phi) is 6.11. The summed E-state index contributed by atoms with van der Waals surface area (Å²) in [4.78, 5) is 21.7. The molecule has 0 amide bonds. The second-order valence-electron chi connectivity index (χ2n) is 5.26. The van der Waals surface area contributed by atoms with Gasteiger partial charge in [-0.15, -0.1) is 0 Å². The number of benzene rings is 2. The number of esters is 1. The second-order valence-corrected chi connectivity index (χ2v) is 5.26. The van der Waals surface area contributed by atoms with Crippen LogP contribution in [-0.4, -0.2) is 17.5 Å². The van der Waals surface area contributed by atoms with Crippen molar-refractivity contribution in [2.75, 3.05) is 6.61 Å². The van der Waals surface area contributed by atoms with Crippen molar-refractivity contribution < 1.29 is 27.6 Å². The summed E-state index contributed by atoms with van der Waals surface area (Å²) in [5, 5.41) is 10.4. The van der Waals surface area contributed by atoms with Gasteiger partial charge in [-0.2, -0.15) is 13.2 Å². The highest BCUT2D eigenvalue weighted by Gasteiger charge is 2.30. The van der Waals surface area contributed by atoms with Crippen LogP contribution in [0.4, 0.5) is 13.2 Å². The Morgan fingerprint density at radius 2 is 1.77 bits per heavy atom. The molecule has 0 radical (unpaired) electrons. The normalized spacial score (nSPS) is 11.5. The van der Waals surface area contributed by atoms with E-state index < -0.39 is 22.6 Å². The van der Waals surface area contributed by atoms with Crippen molar-refractivity contribution >= 4 is 12.0 Å². The third kappa shape index (κ3) is 5.44. The van der Waals surface area contributed by atoms with Crippen LogP contribution in [0.25, 0.3) is 6.08 Å². The van der Waals surface area contributed by atoms with Gasteiger partial charge >= 0.3 is 12.1 Å². The van der Waals surface area contributed by atoms with Crippen LogP contribution in [0.5, 0.6) is 0 Å². The van der Waals surface area contributed by atoms with Crippen molar-refractivity contribution in [1.29, 1.82) is 0 Å². The van der Waals surface area contributed by atoms with Crippen molar-refractivity contribution in [3.8, 4) is 0 Å². The van der Waals surface area contributed by atoms with E-state index in [-0.39, 0.29) is 12.2 Å². The molecular formula is C18H14F3NO4. The first-order chi connectivity index (χ1) is 12.3. The molecule has 0 saturated heterocycles. The van der Waals surface area contributed by atoms with Crippen LogP contribution in [-0.2, 0) is 17.3 Å². The van der Waals surface area contributed by atoms with E-state index in [9.17, 15) is 28.1 Å². The first kappa shape index (κ1) is 19.2. The fraction of sp³-hybridized carbons (Fsp3) is 0.167. The van der Waals surface area contributed by atoms with Gasteiger partial charge in [0.15, 0.2) is 0 Å². The highest BCUT2D eigenvalue weighted by atomic mass is 19.4. The monoisotopic (exact) mass is 365 g/mol. The third-order valence-electron chi connectivity index (χ3n) is 3.48. The van der Waals surface area contributed by atoms with Gasteiger partial charge in [-0.3, -0.25) is 10.1 Å². The Hall–Kier alpha value is -3.16. The lowest BCUT2D eigenvalue weighted by molar-refractivity contribution is -0.400. The minimum atomic E-state index is -4.47. The quantitative estimate of drug-likeness (QED) is 0.433. The average Bonchev–Trinajstić information content (AvgIpc) is 2.60. The van der Waals surface area contributed by atoms with Crippen LogP contribution >= 0.6 is 0 Å². The topological polar surface area (TPSA) is 69.4 Å². The zero-order valence-corrected chi connectivity index (χ0v) is 13.4. The van der Waals surface area contributed by atoms with Gasteiger partial charge in [-0.1, -0.05) is 24.3 Å². The predicted octanol–water partition coefficient (Wildman–Crippen LogP) is 4.35. The predicted molar refractivity (Wildman–Crippen MR) is 87.9 cm³/mol. The molecule has 0 N–H and O–H groups in total. The number of ether oxygens (including phenoxy) is 1. The molecule has 8 heteroatoms. The molecule has 2 aromatic carbocycles. The molecule has 136 valence electrons. The summed E-state index contributed by atoms with van der Waals surface area (Å²) in [7, 11) is 0. The van der Waals surface area contributed by atoms with Crippen molar-refractivity contribution in [1.82, 2.24) is 0 Å². The molecule has 0 aliphatic carbocycles. The van der Waals surface area contributed by atoms with Crippen LogP contribution < -0.4 is 0 Å². The maximum atomic E-state index is 12.5. The van der Waals surface area contributed by atoms with E-state index in [2.05, 4.69) is 0 Å². The van der Waals surface area contributed by atoms with Crippen molar-refractivity contribution in [2.24, 2.45) is 0 Å². The lowest BCUT2D eigenvalue weighted by Gasteiger charge is -2.09. The molecule has 2 rings (SSSR count). The molecule has 5 nitrogen and oxygen atoms in total. The van der Waals surface area contributed by atoms with Crippen molar-refractivity contribution in [3.05, 3.63) is 87.1 Å². The smallest absolute Gasteiger partial charge is 0.416 e. The summed E-state index contributed by atoms with van der Waals surface area (Å²) < 4.78 is 42.6.